The Bertz CT molecular complexity index is 1280. The maximum Gasteiger partial charge on any atom is 0.266 e. The Morgan fingerprint density at radius 3 is 2.35 bits per heavy atom. The van der Waals surface area contributed by atoms with Crippen LogP contribution in [-0.4, -0.2) is 31.1 Å². The summed E-state index contributed by atoms with van der Waals surface area (Å²) in [5, 5.41) is 1.70. The van der Waals surface area contributed by atoms with E-state index < -0.39 is 18.1 Å². The van der Waals surface area contributed by atoms with Crippen molar-refractivity contribution >= 4 is 23.2 Å². The Morgan fingerprint density at radius 2 is 1.62 bits per heavy atom. The molecule has 5 rings (SSSR count). The van der Waals surface area contributed by atoms with Crippen molar-refractivity contribution in [3.63, 3.8) is 0 Å². The van der Waals surface area contributed by atoms with Crippen LogP contribution in [0.1, 0.15) is 43.9 Å². The minimum Gasteiger partial charge on any atom is -0.490 e. The third-order valence-electron chi connectivity index (χ3n) is 6.75. The maximum absolute atomic E-state index is 13.9. The van der Waals surface area contributed by atoms with Crippen molar-refractivity contribution in [2.45, 2.75) is 45.8 Å². The first kappa shape index (κ1) is 24.8. The predicted molar refractivity (Wildman–Crippen MR) is 142 cm³/mol. The van der Waals surface area contributed by atoms with Crippen LogP contribution in [0.15, 0.2) is 72.8 Å². The number of hydroxylamine groups is 1. The number of unbranched alkanes of at least 4 members (excludes halogenated alkanes) is 1. The Balaban J connectivity index is 1.55. The predicted octanol–water partition coefficient (Wildman–Crippen LogP) is 5.62. The molecule has 7 heteroatoms. The van der Waals surface area contributed by atoms with E-state index in [2.05, 4.69) is 6.92 Å². The van der Waals surface area contributed by atoms with Crippen LogP contribution < -0.4 is 19.4 Å². The van der Waals surface area contributed by atoms with Gasteiger partial charge in [0, 0.05) is 0 Å². The normalized spacial score (nSPS) is 20.9. The number of carbonyl (C=O) groups excluding carboxylic acids is 2. The maximum atomic E-state index is 13.9. The smallest absolute Gasteiger partial charge is 0.266 e. The number of benzene rings is 3. The Morgan fingerprint density at radius 1 is 0.838 bits per heavy atom. The minimum atomic E-state index is -0.922. The standard InChI is InChI=1S/C30H32N2O5/c1-4-6-17-36-24-16-15-21(19-25(24)35-5-2)27-26-28(37-32(27)22-12-8-7-9-13-22)30(34)31(29(26)33)23-14-10-11-20(3)18-23/h7-16,18-19,26-28H,4-6,17H2,1-3H3/t26-,27-,28+/m1/s1. The van der Waals surface area contributed by atoms with Gasteiger partial charge >= 0.3 is 0 Å². The van der Waals surface area contributed by atoms with E-state index in [-0.39, 0.29) is 11.8 Å². The van der Waals surface area contributed by atoms with Crippen LogP contribution in [0, 0.1) is 12.8 Å². The first-order chi connectivity index (χ1) is 18.0. The number of para-hydroxylation sites is 1. The average molecular weight is 501 g/mol. The molecule has 3 atom stereocenters. The molecule has 2 heterocycles. The number of rotatable bonds is 9. The highest BCUT2D eigenvalue weighted by molar-refractivity contribution is 6.24. The molecule has 0 bridgehead atoms. The quantitative estimate of drug-likeness (QED) is 0.280. The van der Waals surface area contributed by atoms with E-state index in [1.807, 2.05) is 80.6 Å². The first-order valence-corrected chi connectivity index (χ1v) is 12.9. The average Bonchev–Trinajstić information content (AvgIpc) is 3.41. The fourth-order valence-electron chi connectivity index (χ4n) is 5.00. The van der Waals surface area contributed by atoms with E-state index in [1.165, 1.54) is 4.90 Å². The molecule has 192 valence electrons. The number of nitrogens with zero attached hydrogens (tertiary/aromatic N) is 2. The monoisotopic (exact) mass is 500 g/mol. The second kappa shape index (κ2) is 10.6. The number of aryl methyl sites for hydroxylation is 1. The highest BCUT2D eigenvalue weighted by Crippen LogP contribution is 2.48. The molecule has 0 unspecified atom stereocenters. The Hall–Kier alpha value is -3.84. The first-order valence-electron chi connectivity index (χ1n) is 12.9. The van der Waals surface area contributed by atoms with Gasteiger partial charge in [-0.15, -0.1) is 0 Å². The molecule has 2 aliphatic rings. The molecule has 0 aliphatic carbocycles. The summed E-state index contributed by atoms with van der Waals surface area (Å²) in [5.74, 6) is -0.0655. The van der Waals surface area contributed by atoms with Crippen LogP contribution in [0.5, 0.6) is 11.5 Å². The molecule has 2 amide bonds. The third-order valence-corrected chi connectivity index (χ3v) is 6.75. The van der Waals surface area contributed by atoms with Gasteiger partial charge in [0.1, 0.15) is 5.92 Å². The zero-order valence-electron chi connectivity index (χ0n) is 21.4. The van der Waals surface area contributed by atoms with Crippen molar-refractivity contribution in [1.29, 1.82) is 0 Å². The van der Waals surface area contributed by atoms with E-state index in [0.717, 1.165) is 29.7 Å². The van der Waals surface area contributed by atoms with Gasteiger partial charge in [0.2, 0.25) is 5.91 Å². The number of carbonyl (C=O) groups is 2. The summed E-state index contributed by atoms with van der Waals surface area (Å²) in [5.41, 5.74) is 3.12. The molecule has 0 spiro atoms. The highest BCUT2D eigenvalue weighted by Gasteiger charge is 2.60. The zero-order chi connectivity index (χ0) is 25.9. The second-order valence-electron chi connectivity index (χ2n) is 9.35. The molecule has 3 aromatic carbocycles. The lowest BCUT2D eigenvalue weighted by Gasteiger charge is -2.29. The van der Waals surface area contributed by atoms with E-state index in [4.69, 9.17) is 14.3 Å². The molecular formula is C30H32N2O5. The molecule has 2 aliphatic heterocycles. The number of amides is 2. The molecule has 2 saturated heterocycles. The summed E-state index contributed by atoms with van der Waals surface area (Å²) in [6, 6.07) is 22.2. The van der Waals surface area contributed by atoms with Crippen molar-refractivity contribution in [3.8, 4) is 11.5 Å². The van der Waals surface area contributed by atoms with Gasteiger partial charge < -0.3 is 9.47 Å². The largest absolute Gasteiger partial charge is 0.490 e. The topological polar surface area (TPSA) is 68.3 Å². The number of hydrogen-bond donors (Lipinski definition) is 0. The van der Waals surface area contributed by atoms with Crippen molar-refractivity contribution in [2.24, 2.45) is 5.92 Å². The molecule has 7 nitrogen and oxygen atoms in total. The molecule has 0 N–H and O–H groups in total. The van der Waals surface area contributed by atoms with Crippen molar-refractivity contribution in [1.82, 2.24) is 0 Å². The van der Waals surface area contributed by atoms with Gasteiger partial charge in [-0.05, 0) is 67.8 Å². The van der Waals surface area contributed by atoms with Crippen LogP contribution >= 0.6 is 0 Å². The zero-order valence-corrected chi connectivity index (χ0v) is 21.4. The van der Waals surface area contributed by atoms with Crippen LogP contribution in [-0.2, 0) is 14.4 Å². The van der Waals surface area contributed by atoms with Gasteiger partial charge in [0.05, 0.1) is 30.6 Å². The van der Waals surface area contributed by atoms with Crippen LogP contribution in [0.4, 0.5) is 11.4 Å². The van der Waals surface area contributed by atoms with Crippen molar-refractivity contribution in [2.75, 3.05) is 23.2 Å². The fraction of sp³-hybridized carbons (Fsp3) is 0.333. The van der Waals surface area contributed by atoms with Gasteiger partial charge in [-0.2, -0.15) is 0 Å². The lowest BCUT2D eigenvalue weighted by Crippen LogP contribution is -2.37. The number of ether oxygens (including phenoxy) is 2. The molecular weight excluding hydrogens is 468 g/mol. The summed E-state index contributed by atoms with van der Waals surface area (Å²) in [6.45, 7) is 7.05. The summed E-state index contributed by atoms with van der Waals surface area (Å²) in [4.78, 5) is 34.9. The molecule has 3 aromatic rings. The summed E-state index contributed by atoms with van der Waals surface area (Å²) in [6.07, 6.45) is 1.06. The van der Waals surface area contributed by atoms with E-state index in [1.54, 1.807) is 11.1 Å². The number of hydrogen-bond acceptors (Lipinski definition) is 6. The Kier molecular flexibility index (Phi) is 7.15. The second-order valence-corrected chi connectivity index (χ2v) is 9.35. The van der Waals surface area contributed by atoms with E-state index >= 15 is 0 Å². The SMILES string of the molecule is CCCCOc1ccc([C@@H]2[C@H]3C(=O)N(c4cccc(C)c4)C(=O)[C@H]3ON2c2ccccc2)cc1OCC. The van der Waals surface area contributed by atoms with Crippen LogP contribution in [0.25, 0.3) is 0 Å². The van der Waals surface area contributed by atoms with Gasteiger partial charge in [-0.25, -0.2) is 9.96 Å². The van der Waals surface area contributed by atoms with E-state index in [9.17, 15) is 9.59 Å². The van der Waals surface area contributed by atoms with Gasteiger partial charge in [0.25, 0.3) is 5.91 Å². The van der Waals surface area contributed by atoms with Gasteiger partial charge in [-0.1, -0.05) is 49.7 Å². The van der Waals surface area contributed by atoms with E-state index in [0.29, 0.717) is 30.4 Å². The molecule has 0 saturated carbocycles. The summed E-state index contributed by atoms with van der Waals surface area (Å²) >= 11 is 0. The van der Waals surface area contributed by atoms with Crippen molar-refractivity contribution in [3.05, 3.63) is 83.9 Å². The minimum absolute atomic E-state index is 0.273. The highest BCUT2D eigenvalue weighted by atomic mass is 16.7. The number of fused-ring (bicyclic) bond motifs is 1. The van der Waals surface area contributed by atoms with Gasteiger partial charge in [-0.3, -0.25) is 14.4 Å². The lowest BCUT2D eigenvalue weighted by atomic mass is 9.90. The van der Waals surface area contributed by atoms with Crippen molar-refractivity contribution < 1.29 is 23.9 Å². The number of anilines is 2. The van der Waals surface area contributed by atoms with Gasteiger partial charge in [0.15, 0.2) is 17.6 Å². The summed E-state index contributed by atoms with van der Waals surface area (Å²) < 4.78 is 11.9. The summed E-state index contributed by atoms with van der Waals surface area (Å²) in [7, 11) is 0. The fourth-order valence-corrected chi connectivity index (χ4v) is 5.00. The number of imide groups is 1. The van der Waals surface area contributed by atoms with Crippen LogP contribution in [0.3, 0.4) is 0 Å². The molecule has 2 fully saturated rings. The Labute approximate surface area is 217 Å². The molecule has 0 radical (unpaired) electrons. The van der Waals surface area contributed by atoms with Crippen LogP contribution in [0.2, 0.25) is 0 Å². The lowest BCUT2D eigenvalue weighted by molar-refractivity contribution is -0.126. The third kappa shape index (κ3) is 4.67. The molecule has 37 heavy (non-hydrogen) atoms. The molecule has 0 aromatic heterocycles.